The number of fused-ring (bicyclic) bond motifs is 1. The molecule has 2 amide bonds. The van der Waals surface area contributed by atoms with Gasteiger partial charge in [0, 0.05) is 24.1 Å². The van der Waals surface area contributed by atoms with Crippen molar-refractivity contribution in [3.63, 3.8) is 0 Å². The van der Waals surface area contributed by atoms with Gasteiger partial charge in [-0.15, -0.1) is 0 Å². The molecule has 2 aromatic carbocycles. The first-order chi connectivity index (χ1) is 13.4. The van der Waals surface area contributed by atoms with Crippen molar-refractivity contribution in [2.24, 2.45) is 5.73 Å². The molecule has 1 saturated carbocycles. The van der Waals surface area contributed by atoms with E-state index in [9.17, 15) is 9.59 Å². The van der Waals surface area contributed by atoms with Gasteiger partial charge in [-0.1, -0.05) is 42.5 Å². The topological polar surface area (TPSA) is 66.6 Å². The third kappa shape index (κ3) is 3.31. The molecule has 0 saturated heterocycles. The predicted octanol–water partition coefficient (Wildman–Crippen LogP) is 2.50. The van der Waals surface area contributed by atoms with E-state index >= 15 is 0 Å². The van der Waals surface area contributed by atoms with E-state index in [0.717, 1.165) is 17.7 Å². The minimum atomic E-state index is -0.669. The molecular formula is C23H27N3O2. The molecule has 5 nitrogen and oxygen atoms in total. The average Bonchev–Trinajstić information content (AvgIpc) is 3.38. The summed E-state index contributed by atoms with van der Waals surface area (Å²) in [6.07, 6.45) is 3.18. The summed E-state index contributed by atoms with van der Waals surface area (Å²) in [5.74, 6) is -0.591. The van der Waals surface area contributed by atoms with Crippen LogP contribution < -0.4 is 5.73 Å². The van der Waals surface area contributed by atoms with Crippen LogP contribution in [0.2, 0.25) is 0 Å². The van der Waals surface area contributed by atoms with Crippen molar-refractivity contribution in [3.8, 4) is 0 Å². The van der Waals surface area contributed by atoms with Crippen molar-refractivity contribution in [2.75, 3.05) is 27.2 Å². The van der Waals surface area contributed by atoms with E-state index in [2.05, 4.69) is 43.3 Å². The standard InChI is InChI=1S/C23H27N3O2/c1-25(2)15-23(12-13-23)17-9-7-16(8-10-17)11-14-26-20(21(24)27)18-5-3-4-6-19(18)22(26)28/h3-10,20H,11-15H2,1-2H3,(H2,24,27). The van der Waals surface area contributed by atoms with Crippen LogP contribution in [0.3, 0.4) is 0 Å². The van der Waals surface area contributed by atoms with Crippen LogP contribution in [0.15, 0.2) is 48.5 Å². The normalized spacial score (nSPS) is 19.8. The Hall–Kier alpha value is -2.66. The molecule has 2 N–H and O–H groups in total. The Kier molecular flexibility index (Phi) is 4.71. The summed E-state index contributed by atoms with van der Waals surface area (Å²) in [4.78, 5) is 28.6. The van der Waals surface area contributed by atoms with E-state index in [1.165, 1.54) is 18.4 Å². The van der Waals surface area contributed by atoms with Crippen molar-refractivity contribution in [1.82, 2.24) is 9.80 Å². The molecule has 1 fully saturated rings. The number of benzene rings is 2. The van der Waals surface area contributed by atoms with Gasteiger partial charge in [0.1, 0.15) is 6.04 Å². The van der Waals surface area contributed by atoms with Gasteiger partial charge >= 0.3 is 0 Å². The fourth-order valence-corrected chi connectivity index (χ4v) is 4.48. The summed E-state index contributed by atoms with van der Waals surface area (Å²) in [7, 11) is 4.24. The number of amides is 2. The molecule has 0 radical (unpaired) electrons. The van der Waals surface area contributed by atoms with E-state index in [1.54, 1.807) is 11.0 Å². The van der Waals surface area contributed by atoms with E-state index in [-0.39, 0.29) is 5.91 Å². The lowest BCUT2D eigenvalue weighted by Crippen LogP contribution is -2.37. The Bertz CT molecular complexity index is 900. The lowest BCUT2D eigenvalue weighted by atomic mass is 9.94. The number of nitrogens with zero attached hydrogens (tertiary/aromatic N) is 2. The van der Waals surface area contributed by atoms with Gasteiger partial charge in [-0.3, -0.25) is 9.59 Å². The summed E-state index contributed by atoms with van der Waals surface area (Å²) in [6.45, 7) is 1.55. The van der Waals surface area contributed by atoms with Crippen LogP contribution in [0.25, 0.3) is 0 Å². The molecule has 2 aromatic rings. The largest absolute Gasteiger partial charge is 0.368 e. The van der Waals surface area contributed by atoms with Crippen molar-refractivity contribution in [2.45, 2.75) is 30.7 Å². The molecule has 1 unspecified atom stereocenters. The minimum Gasteiger partial charge on any atom is -0.368 e. The van der Waals surface area contributed by atoms with Crippen LogP contribution in [0.4, 0.5) is 0 Å². The SMILES string of the molecule is CN(C)CC1(c2ccc(CCN3C(=O)c4ccccc4C3C(N)=O)cc2)CC1. The summed E-state index contributed by atoms with van der Waals surface area (Å²) in [5, 5.41) is 0. The van der Waals surface area contributed by atoms with Gasteiger partial charge in [-0.05, 0) is 56.1 Å². The summed E-state index contributed by atoms with van der Waals surface area (Å²) in [6, 6.07) is 15.3. The third-order valence-corrected chi connectivity index (χ3v) is 6.01. The molecule has 2 aliphatic rings. The molecule has 1 atom stereocenters. The highest BCUT2D eigenvalue weighted by molar-refractivity contribution is 6.04. The van der Waals surface area contributed by atoms with Crippen LogP contribution in [-0.4, -0.2) is 48.8 Å². The summed E-state index contributed by atoms with van der Waals surface area (Å²) in [5.41, 5.74) is 9.78. The number of hydrogen-bond acceptors (Lipinski definition) is 3. The molecule has 28 heavy (non-hydrogen) atoms. The van der Waals surface area contributed by atoms with Crippen molar-refractivity contribution >= 4 is 11.8 Å². The average molecular weight is 377 g/mol. The maximum atomic E-state index is 12.7. The van der Waals surface area contributed by atoms with Crippen molar-refractivity contribution < 1.29 is 9.59 Å². The van der Waals surface area contributed by atoms with Crippen LogP contribution in [0.1, 0.15) is 45.9 Å². The van der Waals surface area contributed by atoms with Gasteiger partial charge in [-0.25, -0.2) is 0 Å². The number of hydrogen-bond donors (Lipinski definition) is 1. The zero-order valence-electron chi connectivity index (χ0n) is 16.5. The number of carbonyl (C=O) groups is 2. The smallest absolute Gasteiger partial charge is 0.255 e. The van der Waals surface area contributed by atoms with Gasteiger partial charge in [0.25, 0.3) is 5.91 Å². The first kappa shape index (κ1) is 18.7. The van der Waals surface area contributed by atoms with E-state index in [0.29, 0.717) is 23.9 Å². The fourth-order valence-electron chi connectivity index (χ4n) is 4.48. The maximum Gasteiger partial charge on any atom is 0.255 e. The van der Waals surface area contributed by atoms with Gasteiger partial charge in [-0.2, -0.15) is 0 Å². The van der Waals surface area contributed by atoms with Crippen LogP contribution in [0, 0.1) is 0 Å². The Morgan fingerprint density at radius 2 is 1.82 bits per heavy atom. The second kappa shape index (κ2) is 7.06. The molecule has 1 aliphatic heterocycles. The van der Waals surface area contributed by atoms with Crippen LogP contribution >= 0.6 is 0 Å². The quantitative estimate of drug-likeness (QED) is 0.806. The zero-order chi connectivity index (χ0) is 19.9. The second-order valence-electron chi connectivity index (χ2n) is 8.36. The van der Waals surface area contributed by atoms with Gasteiger partial charge in [0.2, 0.25) is 5.91 Å². The molecule has 0 spiro atoms. The molecule has 0 aromatic heterocycles. The molecule has 1 aliphatic carbocycles. The molecule has 0 bridgehead atoms. The highest BCUT2D eigenvalue weighted by Crippen LogP contribution is 2.48. The summed E-state index contributed by atoms with van der Waals surface area (Å²) >= 11 is 0. The highest BCUT2D eigenvalue weighted by Gasteiger charge is 2.44. The van der Waals surface area contributed by atoms with Gasteiger partial charge < -0.3 is 15.5 Å². The van der Waals surface area contributed by atoms with Crippen LogP contribution in [-0.2, 0) is 16.6 Å². The summed E-state index contributed by atoms with van der Waals surface area (Å²) < 4.78 is 0. The third-order valence-electron chi connectivity index (χ3n) is 6.01. The molecule has 4 rings (SSSR count). The predicted molar refractivity (Wildman–Crippen MR) is 109 cm³/mol. The highest BCUT2D eigenvalue weighted by atomic mass is 16.2. The van der Waals surface area contributed by atoms with Crippen LogP contribution in [0.5, 0.6) is 0 Å². The number of carbonyl (C=O) groups excluding carboxylic acids is 2. The number of rotatable bonds is 7. The Balaban J connectivity index is 1.46. The molecule has 1 heterocycles. The van der Waals surface area contributed by atoms with E-state index in [4.69, 9.17) is 5.73 Å². The first-order valence-electron chi connectivity index (χ1n) is 9.85. The number of nitrogens with two attached hydrogens (primary N) is 1. The number of likely N-dealkylation sites (N-methyl/N-ethyl adjacent to an activating group) is 1. The Morgan fingerprint density at radius 1 is 1.14 bits per heavy atom. The lowest BCUT2D eigenvalue weighted by Gasteiger charge is -2.23. The van der Waals surface area contributed by atoms with Gasteiger partial charge in [0.15, 0.2) is 0 Å². The van der Waals surface area contributed by atoms with E-state index in [1.807, 2.05) is 18.2 Å². The van der Waals surface area contributed by atoms with Crippen molar-refractivity contribution in [3.05, 3.63) is 70.8 Å². The molecule has 5 heteroatoms. The minimum absolute atomic E-state index is 0.112. The van der Waals surface area contributed by atoms with Gasteiger partial charge in [0.05, 0.1) is 0 Å². The monoisotopic (exact) mass is 377 g/mol. The number of primary amides is 1. The van der Waals surface area contributed by atoms with Crippen molar-refractivity contribution in [1.29, 1.82) is 0 Å². The molecule has 146 valence electrons. The second-order valence-corrected chi connectivity index (χ2v) is 8.36. The van der Waals surface area contributed by atoms with E-state index < -0.39 is 11.9 Å². The molecular weight excluding hydrogens is 350 g/mol. The lowest BCUT2D eigenvalue weighted by molar-refractivity contribution is -0.122. The zero-order valence-corrected chi connectivity index (χ0v) is 16.5. The maximum absolute atomic E-state index is 12.7. The fraction of sp³-hybridized carbons (Fsp3) is 0.391. The Morgan fingerprint density at radius 3 is 2.43 bits per heavy atom. The first-order valence-corrected chi connectivity index (χ1v) is 9.85. The Labute approximate surface area is 166 Å².